The van der Waals surface area contributed by atoms with Gasteiger partial charge in [0.05, 0.1) is 12.1 Å². The number of fused-ring (bicyclic) bond motifs is 1. The van der Waals surface area contributed by atoms with Crippen LogP contribution in [-0.4, -0.2) is 33.3 Å². The summed E-state index contributed by atoms with van der Waals surface area (Å²) in [5, 5.41) is 1.21. The summed E-state index contributed by atoms with van der Waals surface area (Å²) in [7, 11) is 0. The molecule has 0 saturated carbocycles. The van der Waals surface area contributed by atoms with Crippen LogP contribution in [0, 0.1) is 0 Å². The predicted molar refractivity (Wildman–Crippen MR) is 75.5 cm³/mol. The zero-order chi connectivity index (χ0) is 13.7. The highest BCUT2D eigenvalue weighted by Gasteiger charge is 2.06. The van der Waals surface area contributed by atoms with Crippen molar-refractivity contribution in [2.24, 2.45) is 0 Å². The molecule has 0 radical (unpaired) electrons. The van der Waals surface area contributed by atoms with E-state index in [1.54, 1.807) is 24.8 Å². The topological polar surface area (TPSA) is 67.9 Å². The van der Waals surface area contributed by atoms with Gasteiger partial charge in [-0.1, -0.05) is 23.4 Å². The monoisotopic (exact) mass is 299 g/mol. The Balaban J connectivity index is 1.83. The van der Waals surface area contributed by atoms with Gasteiger partial charge in [-0.25, -0.2) is 9.97 Å². The minimum absolute atomic E-state index is 0.152. The van der Waals surface area contributed by atoms with Crippen LogP contribution in [0.2, 0.25) is 5.15 Å². The molecule has 0 spiro atoms. The van der Waals surface area contributed by atoms with Gasteiger partial charge in [0.1, 0.15) is 5.15 Å². The van der Waals surface area contributed by atoms with Gasteiger partial charge in [0.2, 0.25) is 0 Å². The van der Waals surface area contributed by atoms with E-state index in [2.05, 4.69) is 15.0 Å². The quantitative estimate of drug-likeness (QED) is 0.384. The molecule has 7 heteroatoms. The maximum atomic E-state index is 11.2. The maximum absolute atomic E-state index is 11.2. The highest BCUT2D eigenvalue weighted by Crippen LogP contribution is 2.20. The van der Waals surface area contributed by atoms with E-state index >= 15 is 0 Å². The van der Waals surface area contributed by atoms with Crippen LogP contribution in [-0.2, 0) is 9.53 Å². The third-order valence-corrected chi connectivity index (χ3v) is 3.53. The fourth-order valence-corrected chi connectivity index (χ4v) is 2.49. The fourth-order valence-electron chi connectivity index (χ4n) is 1.53. The van der Waals surface area contributed by atoms with Crippen LogP contribution in [0.1, 0.15) is 19.8 Å². The predicted octanol–water partition coefficient (Wildman–Crippen LogP) is 3.05. The van der Waals surface area contributed by atoms with Crippen LogP contribution >= 0.6 is 23.4 Å². The molecule has 0 amide bonds. The molecule has 0 aliphatic rings. The molecule has 0 aliphatic carbocycles. The zero-order valence-electron chi connectivity index (χ0n) is 10.5. The van der Waals surface area contributed by atoms with E-state index in [0.717, 1.165) is 22.8 Å². The molecular weight excluding hydrogens is 286 g/mol. The number of pyridine rings is 1. The van der Waals surface area contributed by atoms with Crippen LogP contribution in [0.15, 0.2) is 17.3 Å². The Morgan fingerprint density at radius 1 is 1.47 bits per heavy atom. The molecule has 2 aromatic rings. The van der Waals surface area contributed by atoms with Crippen molar-refractivity contribution in [1.29, 1.82) is 0 Å². The first-order chi connectivity index (χ1) is 9.19. The second-order valence-electron chi connectivity index (χ2n) is 3.80. The highest BCUT2D eigenvalue weighted by atomic mass is 35.5. The average Bonchev–Trinajstić information content (AvgIpc) is 2.77. The Bertz CT molecular complexity index is 573. The first-order valence-corrected chi connectivity index (χ1v) is 7.36. The van der Waals surface area contributed by atoms with Crippen LogP contribution in [0.3, 0.4) is 0 Å². The summed E-state index contributed by atoms with van der Waals surface area (Å²) < 4.78 is 4.86. The van der Waals surface area contributed by atoms with E-state index < -0.39 is 0 Å². The van der Waals surface area contributed by atoms with Gasteiger partial charge in [-0.15, -0.1) is 0 Å². The molecule has 2 aromatic heterocycles. The molecular formula is C12H14ClN3O2S. The molecule has 2 rings (SSSR count). The molecule has 0 atom stereocenters. The van der Waals surface area contributed by atoms with E-state index in [9.17, 15) is 4.79 Å². The lowest BCUT2D eigenvalue weighted by Crippen LogP contribution is -2.03. The SMILES string of the molecule is CCOC(=O)CCCSc1nc2nc(Cl)ccc2[nH]1. The van der Waals surface area contributed by atoms with Crippen LogP contribution in [0.25, 0.3) is 11.2 Å². The number of nitrogens with one attached hydrogen (secondary N) is 1. The van der Waals surface area contributed by atoms with Crippen molar-refractivity contribution in [3.05, 3.63) is 17.3 Å². The summed E-state index contributed by atoms with van der Waals surface area (Å²) in [5.74, 6) is 0.646. The number of esters is 1. The van der Waals surface area contributed by atoms with Crippen molar-refractivity contribution in [3.63, 3.8) is 0 Å². The van der Waals surface area contributed by atoms with Crippen LogP contribution < -0.4 is 0 Å². The summed E-state index contributed by atoms with van der Waals surface area (Å²) >= 11 is 7.35. The molecule has 0 aliphatic heterocycles. The third kappa shape index (κ3) is 4.11. The molecule has 0 fully saturated rings. The first kappa shape index (κ1) is 14.1. The maximum Gasteiger partial charge on any atom is 0.305 e. The van der Waals surface area contributed by atoms with E-state index in [0.29, 0.717) is 23.8 Å². The largest absolute Gasteiger partial charge is 0.466 e. The number of nitrogens with zero attached hydrogens (tertiary/aromatic N) is 2. The number of aromatic amines is 1. The Kier molecular flexibility index (Phi) is 5.04. The summed E-state index contributed by atoms with van der Waals surface area (Å²) in [6.45, 7) is 2.24. The molecule has 19 heavy (non-hydrogen) atoms. The van der Waals surface area contributed by atoms with Crippen molar-refractivity contribution in [1.82, 2.24) is 15.0 Å². The van der Waals surface area contributed by atoms with Crippen molar-refractivity contribution < 1.29 is 9.53 Å². The minimum Gasteiger partial charge on any atom is -0.466 e. The Hall–Kier alpha value is -1.27. The number of hydrogen-bond acceptors (Lipinski definition) is 5. The number of carbonyl (C=O) groups is 1. The molecule has 102 valence electrons. The van der Waals surface area contributed by atoms with Crippen LogP contribution in [0.4, 0.5) is 0 Å². The standard InChI is InChI=1S/C12H14ClN3O2S/c1-2-18-10(17)4-3-7-19-12-14-8-5-6-9(13)15-11(8)16-12/h5-6H,2-4,7H2,1H3,(H,14,15,16). The number of imidazole rings is 1. The Morgan fingerprint density at radius 2 is 2.32 bits per heavy atom. The molecule has 5 nitrogen and oxygen atoms in total. The number of thioether (sulfide) groups is 1. The number of carbonyl (C=O) groups excluding carboxylic acids is 1. The van der Waals surface area contributed by atoms with Gasteiger partial charge in [-0.05, 0) is 25.5 Å². The molecule has 0 bridgehead atoms. The second kappa shape index (κ2) is 6.77. The fraction of sp³-hybridized carbons (Fsp3) is 0.417. The van der Waals surface area contributed by atoms with Crippen molar-refractivity contribution in [2.75, 3.05) is 12.4 Å². The highest BCUT2D eigenvalue weighted by molar-refractivity contribution is 7.99. The first-order valence-electron chi connectivity index (χ1n) is 5.99. The number of rotatable bonds is 6. The Morgan fingerprint density at radius 3 is 3.11 bits per heavy atom. The van der Waals surface area contributed by atoms with Gasteiger partial charge in [0, 0.05) is 12.2 Å². The lowest BCUT2D eigenvalue weighted by Gasteiger charge is -2.00. The molecule has 0 unspecified atom stereocenters. The number of H-pyrrole nitrogens is 1. The lowest BCUT2D eigenvalue weighted by atomic mass is 10.3. The van der Waals surface area contributed by atoms with E-state index in [1.807, 2.05) is 6.07 Å². The van der Waals surface area contributed by atoms with E-state index in [1.165, 1.54) is 0 Å². The van der Waals surface area contributed by atoms with Gasteiger partial charge in [-0.3, -0.25) is 4.79 Å². The number of hydrogen-bond donors (Lipinski definition) is 1. The van der Waals surface area contributed by atoms with E-state index in [-0.39, 0.29) is 5.97 Å². The Labute approximate surface area is 120 Å². The van der Waals surface area contributed by atoms with Gasteiger partial charge in [0.25, 0.3) is 0 Å². The summed E-state index contributed by atoms with van der Waals surface area (Å²) in [4.78, 5) is 22.7. The average molecular weight is 300 g/mol. The van der Waals surface area contributed by atoms with Crippen molar-refractivity contribution in [2.45, 2.75) is 24.9 Å². The second-order valence-corrected chi connectivity index (χ2v) is 5.28. The normalized spacial score (nSPS) is 10.8. The van der Waals surface area contributed by atoms with Crippen molar-refractivity contribution >= 4 is 40.5 Å². The molecule has 1 N–H and O–H groups in total. The lowest BCUT2D eigenvalue weighted by molar-refractivity contribution is -0.143. The van der Waals surface area contributed by atoms with Crippen LogP contribution in [0.5, 0.6) is 0 Å². The summed E-state index contributed by atoms with van der Waals surface area (Å²) in [6, 6.07) is 3.57. The summed E-state index contributed by atoms with van der Waals surface area (Å²) in [5.41, 5.74) is 1.47. The van der Waals surface area contributed by atoms with Gasteiger partial charge >= 0.3 is 5.97 Å². The minimum atomic E-state index is -0.152. The molecule has 2 heterocycles. The molecule has 0 aromatic carbocycles. The number of aromatic nitrogens is 3. The molecule has 0 saturated heterocycles. The van der Waals surface area contributed by atoms with Gasteiger partial charge in [-0.2, -0.15) is 0 Å². The summed E-state index contributed by atoms with van der Waals surface area (Å²) in [6.07, 6.45) is 1.19. The van der Waals surface area contributed by atoms with E-state index in [4.69, 9.17) is 16.3 Å². The van der Waals surface area contributed by atoms with Crippen molar-refractivity contribution in [3.8, 4) is 0 Å². The number of ether oxygens (including phenoxy) is 1. The van der Waals surface area contributed by atoms with Gasteiger partial charge in [0.15, 0.2) is 10.8 Å². The zero-order valence-corrected chi connectivity index (χ0v) is 12.1. The third-order valence-electron chi connectivity index (χ3n) is 2.36. The van der Waals surface area contributed by atoms with Gasteiger partial charge < -0.3 is 9.72 Å². The number of halogens is 1. The smallest absolute Gasteiger partial charge is 0.305 e.